The van der Waals surface area contributed by atoms with Crippen molar-refractivity contribution < 1.29 is 9.21 Å². The monoisotopic (exact) mass is 318 g/mol. The Morgan fingerprint density at radius 3 is 2.70 bits per heavy atom. The molecule has 7 heteroatoms. The van der Waals surface area contributed by atoms with Gasteiger partial charge in [0.2, 0.25) is 5.91 Å². The topological polar surface area (TPSA) is 103 Å². The van der Waals surface area contributed by atoms with Crippen LogP contribution in [0.1, 0.15) is 33.0 Å². The smallest absolute Gasteiger partial charge is 0.290 e. The van der Waals surface area contributed by atoms with Gasteiger partial charge in [0, 0.05) is 5.54 Å². The van der Waals surface area contributed by atoms with Gasteiger partial charge in [-0.3, -0.25) is 9.59 Å². The van der Waals surface area contributed by atoms with Crippen molar-refractivity contribution in [1.29, 1.82) is 0 Å². The fourth-order valence-electron chi connectivity index (χ4n) is 2.00. The van der Waals surface area contributed by atoms with Crippen LogP contribution < -0.4 is 16.6 Å². The van der Waals surface area contributed by atoms with Crippen LogP contribution in [0.25, 0.3) is 11.5 Å². The first kappa shape index (κ1) is 16.8. The SMILES string of the molecule is CCC(C)(C)NC(=O)Cn1nc(-c2ccc(C)o2)cc(N)c1=O. The van der Waals surface area contributed by atoms with E-state index >= 15 is 0 Å². The zero-order valence-electron chi connectivity index (χ0n) is 13.8. The van der Waals surface area contributed by atoms with Gasteiger partial charge in [0.25, 0.3) is 5.56 Å². The molecule has 2 aromatic rings. The van der Waals surface area contributed by atoms with E-state index in [0.717, 1.165) is 16.9 Å². The van der Waals surface area contributed by atoms with Crippen LogP contribution in [0.5, 0.6) is 0 Å². The molecule has 0 radical (unpaired) electrons. The molecule has 0 aliphatic rings. The van der Waals surface area contributed by atoms with Gasteiger partial charge in [-0.15, -0.1) is 0 Å². The zero-order chi connectivity index (χ0) is 17.2. The summed E-state index contributed by atoms with van der Waals surface area (Å²) in [4.78, 5) is 24.2. The van der Waals surface area contributed by atoms with Gasteiger partial charge in [0.05, 0.1) is 0 Å². The lowest BCUT2D eigenvalue weighted by Gasteiger charge is -2.24. The van der Waals surface area contributed by atoms with Crippen molar-refractivity contribution in [2.75, 3.05) is 5.73 Å². The van der Waals surface area contributed by atoms with E-state index in [0.29, 0.717) is 11.5 Å². The molecule has 0 unspecified atom stereocenters. The van der Waals surface area contributed by atoms with Crippen LogP contribution in [-0.2, 0) is 11.3 Å². The Labute approximate surface area is 134 Å². The Kier molecular flexibility index (Phi) is 4.58. The number of hydrogen-bond donors (Lipinski definition) is 2. The summed E-state index contributed by atoms with van der Waals surface area (Å²) >= 11 is 0. The second kappa shape index (κ2) is 6.28. The number of aryl methyl sites for hydroxylation is 1. The third kappa shape index (κ3) is 4.00. The number of nitrogens with zero attached hydrogens (tertiary/aromatic N) is 2. The Hall–Kier alpha value is -2.57. The van der Waals surface area contributed by atoms with Crippen LogP contribution in [0.2, 0.25) is 0 Å². The lowest BCUT2D eigenvalue weighted by atomic mass is 10.0. The van der Waals surface area contributed by atoms with Gasteiger partial charge < -0.3 is 15.5 Å². The van der Waals surface area contributed by atoms with E-state index in [1.807, 2.05) is 27.7 Å². The molecule has 23 heavy (non-hydrogen) atoms. The van der Waals surface area contributed by atoms with Gasteiger partial charge in [-0.1, -0.05) is 6.92 Å². The van der Waals surface area contributed by atoms with Crippen LogP contribution in [0.3, 0.4) is 0 Å². The van der Waals surface area contributed by atoms with Crippen molar-refractivity contribution in [3.63, 3.8) is 0 Å². The number of amides is 1. The third-order valence-corrected chi connectivity index (χ3v) is 3.65. The standard InChI is InChI=1S/C16H22N4O3/c1-5-16(3,4)18-14(21)9-20-15(22)11(17)8-12(19-20)13-7-6-10(2)23-13/h6-8H,5,9,17H2,1-4H3,(H,18,21). The first-order valence-corrected chi connectivity index (χ1v) is 7.47. The second-order valence-corrected chi connectivity index (χ2v) is 6.14. The van der Waals surface area contributed by atoms with Crippen LogP contribution in [0, 0.1) is 6.92 Å². The minimum atomic E-state index is -0.499. The Morgan fingerprint density at radius 2 is 2.13 bits per heavy atom. The lowest BCUT2D eigenvalue weighted by Crippen LogP contribution is -2.45. The molecule has 0 fully saturated rings. The highest BCUT2D eigenvalue weighted by Crippen LogP contribution is 2.19. The molecule has 0 saturated heterocycles. The number of hydrogen-bond acceptors (Lipinski definition) is 5. The number of anilines is 1. The van der Waals surface area contributed by atoms with Crippen LogP contribution in [0.15, 0.2) is 27.4 Å². The predicted octanol–water partition coefficient (Wildman–Crippen LogP) is 1.70. The van der Waals surface area contributed by atoms with Crippen LogP contribution in [0.4, 0.5) is 5.69 Å². The lowest BCUT2D eigenvalue weighted by molar-refractivity contribution is -0.123. The van der Waals surface area contributed by atoms with Gasteiger partial charge >= 0.3 is 0 Å². The molecule has 0 aliphatic heterocycles. The largest absolute Gasteiger partial charge is 0.460 e. The summed E-state index contributed by atoms with van der Waals surface area (Å²) in [5.41, 5.74) is 5.34. The van der Waals surface area contributed by atoms with Crippen molar-refractivity contribution in [2.45, 2.75) is 46.2 Å². The molecule has 7 nitrogen and oxygen atoms in total. The second-order valence-electron chi connectivity index (χ2n) is 6.14. The molecule has 0 atom stereocenters. The quantitative estimate of drug-likeness (QED) is 0.873. The van der Waals surface area contributed by atoms with Crippen molar-refractivity contribution in [1.82, 2.24) is 15.1 Å². The summed E-state index contributed by atoms with van der Waals surface area (Å²) in [6, 6.07) is 4.98. The van der Waals surface area contributed by atoms with Crippen molar-refractivity contribution in [3.05, 3.63) is 34.3 Å². The number of aromatic nitrogens is 2. The first-order chi connectivity index (χ1) is 10.7. The molecule has 124 valence electrons. The zero-order valence-corrected chi connectivity index (χ0v) is 13.8. The maximum atomic E-state index is 12.1. The number of nitrogen functional groups attached to an aromatic ring is 1. The predicted molar refractivity (Wildman–Crippen MR) is 87.9 cm³/mol. The molecule has 2 heterocycles. The van der Waals surface area contributed by atoms with Gasteiger partial charge in [-0.2, -0.15) is 5.10 Å². The highest BCUT2D eigenvalue weighted by molar-refractivity contribution is 5.76. The fraction of sp³-hybridized carbons (Fsp3) is 0.438. The van der Waals surface area contributed by atoms with E-state index in [1.165, 1.54) is 6.07 Å². The van der Waals surface area contributed by atoms with Crippen LogP contribution in [-0.4, -0.2) is 21.2 Å². The highest BCUT2D eigenvalue weighted by Gasteiger charge is 2.19. The van der Waals surface area contributed by atoms with E-state index in [1.54, 1.807) is 12.1 Å². The summed E-state index contributed by atoms with van der Waals surface area (Å²) in [7, 11) is 0. The Bertz CT molecular complexity index is 774. The Morgan fingerprint density at radius 1 is 1.43 bits per heavy atom. The van der Waals surface area contributed by atoms with E-state index in [2.05, 4.69) is 10.4 Å². The van der Waals surface area contributed by atoms with Crippen LogP contribution >= 0.6 is 0 Å². The molecule has 2 aromatic heterocycles. The van der Waals surface area contributed by atoms with E-state index < -0.39 is 5.56 Å². The van der Waals surface area contributed by atoms with Gasteiger partial charge in [-0.25, -0.2) is 4.68 Å². The normalized spacial score (nSPS) is 11.5. The number of rotatable bonds is 5. The average molecular weight is 318 g/mol. The van der Waals surface area contributed by atoms with Gasteiger partial charge in [0.1, 0.15) is 23.7 Å². The number of carbonyl (C=O) groups excluding carboxylic acids is 1. The van der Waals surface area contributed by atoms with E-state index in [4.69, 9.17) is 10.2 Å². The summed E-state index contributed by atoms with van der Waals surface area (Å²) in [5.74, 6) is 0.927. The summed E-state index contributed by atoms with van der Waals surface area (Å²) in [6.07, 6.45) is 0.773. The molecule has 0 spiro atoms. The van der Waals surface area contributed by atoms with E-state index in [-0.39, 0.29) is 23.7 Å². The maximum Gasteiger partial charge on any atom is 0.290 e. The molecule has 0 aliphatic carbocycles. The van der Waals surface area contributed by atoms with Gasteiger partial charge in [-0.05, 0) is 45.4 Å². The van der Waals surface area contributed by atoms with Crippen molar-refractivity contribution in [3.8, 4) is 11.5 Å². The number of furan rings is 1. The summed E-state index contributed by atoms with van der Waals surface area (Å²) < 4.78 is 6.55. The molecule has 1 amide bonds. The number of nitrogens with one attached hydrogen (secondary N) is 1. The summed E-state index contributed by atoms with van der Waals surface area (Å²) in [5, 5.41) is 7.04. The van der Waals surface area contributed by atoms with E-state index in [9.17, 15) is 9.59 Å². The first-order valence-electron chi connectivity index (χ1n) is 7.47. The van der Waals surface area contributed by atoms with Crippen molar-refractivity contribution in [2.24, 2.45) is 0 Å². The third-order valence-electron chi connectivity index (χ3n) is 3.65. The maximum absolute atomic E-state index is 12.1. The average Bonchev–Trinajstić information content (AvgIpc) is 2.89. The van der Waals surface area contributed by atoms with Crippen molar-refractivity contribution >= 4 is 11.6 Å². The Balaban J connectivity index is 2.30. The molecular formula is C16H22N4O3. The molecular weight excluding hydrogens is 296 g/mol. The molecule has 3 N–H and O–H groups in total. The molecule has 0 bridgehead atoms. The molecule has 0 saturated carbocycles. The fourth-order valence-corrected chi connectivity index (χ4v) is 2.00. The highest BCUT2D eigenvalue weighted by atomic mass is 16.3. The van der Waals surface area contributed by atoms with Gasteiger partial charge in [0.15, 0.2) is 5.76 Å². The molecule has 0 aromatic carbocycles. The molecule has 2 rings (SSSR count). The minimum absolute atomic E-state index is 0.0200. The number of nitrogens with two attached hydrogens (primary N) is 1. The minimum Gasteiger partial charge on any atom is -0.460 e. The summed E-state index contributed by atoms with van der Waals surface area (Å²) in [6.45, 7) is 7.42. The number of carbonyl (C=O) groups is 1.